The molecule has 0 unspecified atom stereocenters. The van der Waals surface area contributed by atoms with Crippen molar-refractivity contribution in [1.82, 2.24) is 14.8 Å². The molecule has 82 valence electrons. The molecular formula is C12H12BrN3. The van der Waals surface area contributed by atoms with E-state index in [0.29, 0.717) is 0 Å². The normalized spacial score (nSPS) is 14.8. The van der Waals surface area contributed by atoms with Gasteiger partial charge in [0.15, 0.2) is 5.82 Å². The highest BCUT2D eigenvalue weighted by Crippen LogP contribution is 2.28. The van der Waals surface area contributed by atoms with E-state index in [-0.39, 0.29) is 0 Å². The van der Waals surface area contributed by atoms with E-state index in [0.717, 1.165) is 34.7 Å². The van der Waals surface area contributed by atoms with Crippen LogP contribution in [0.25, 0.3) is 11.4 Å². The van der Waals surface area contributed by atoms with Crippen LogP contribution in [-0.4, -0.2) is 14.8 Å². The lowest BCUT2D eigenvalue weighted by Crippen LogP contribution is -2.11. The van der Waals surface area contributed by atoms with Crippen molar-refractivity contribution >= 4 is 15.9 Å². The summed E-state index contributed by atoms with van der Waals surface area (Å²) in [4.78, 5) is 0. The maximum atomic E-state index is 4.31. The highest BCUT2D eigenvalue weighted by Gasteiger charge is 2.17. The molecule has 2 aromatic rings. The van der Waals surface area contributed by atoms with Crippen molar-refractivity contribution in [3.63, 3.8) is 0 Å². The number of aromatic nitrogens is 3. The first-order chi connectivity index (χ1) is 7.86. The molecule has 0 aliphatic carbocycles. The van der Waals surface area contributed by atoms with Gasteiger partial charge in [-0.25, -0.2) is 0 Å². The van der Waals surface area contributed by atoms with Crippen molar-refractivity contribution in [3.8, 4) is 11.4 Å². The SMILES string of the molecule is Brc1ccccc1-c1nnc2n1CCCC2. The van der Waals surface area contributed by atoms with E-state index in [1.54, 1.807) is 0 Å². The van der Waals surface area contributed by atoms with Crippen molar-refractivity contribution in [3.05, 3.63) is 34.6 Å². The summed E-state index contributed by atoms with van der Waals surface area (Å²) in [6.07, 6.45) is 3.51. The number of halogens is 1. The molecule has 2 heterocycles. The highest BCUT2D eigenvalue weighted by atomic mass is 79.9. The van der Waals surface area contributed by atoms with Crippen LogP contribution in [0, 0.1) is 0 Å². The van der Waals surface area contributed by atoms with Crippen molar-refractivity contribution in [2.24, 2.45) is 0 Å². The first-order valence-corrected chi connectivity index (χ1v) is 6.32. The summed E-state index contributed by atoms with van der Waals surface area (Å²) in [6, 6.07) is 8.17. The van der Waals surface area contributed by atoms with E-state index >= 15 is 0 Å². The molecule has 3 rings (SSSR count). The van der Waals surface area contributed by atoms with E-state index in [2.05, 4.69) is 36.8 Å². The Morgan fingerprint density at radius 2 is 2.00 bits per heavy atom. The van der Waals surface area contributed by atoms with Gasteiger partial charge in [0.1, 0.15) is 5.82 Å². The Labute approximate surface area is 103 Å². The van der Waals surface area contributed by atoms with Gasteiger partial charge in [-0.05, 0) is 18.9 Å². The third-order valence-electron chi connectivity index (χ3n) is 2.97. The Hall–Kier alpha value is -1.16. The number of hydrogen-bond acceptors (Lipinski definition) is 2. The topological polar surface area (TPSA) is 30.7 Å². The summed E-state index contributed by atoms with van der Waals surface area (Å²) in [5, 5.41) is 8.58. The number of fused-ring (bicyclic) bond motifs is 1. The summed E-state index contributed by atoms with van der Waals surface area (Å²) in [5.41, 5.74) is 1.13. The van der Waals surface area contributed by atoms with Crippen LogP contribution in [0.15, 0.2) is 28.7 Å². The molecule has 1 aliphatic heterocycles. The molecule has 0 bridgehead atoms. The zero-order valence-corrected chi connectivity index (χ0v) is 10.4. The Balaban J connectivity index is 2.13. The van der Waals surface area contributed by atoms with Crippen LogP contribution in [0.1, 0.15) is 18.7 Å². The summed E-state index contributed by atoms with van der Waals surface area (Å²) < 4.78 is 3.32. The van der Waals surface area contributed by atoms with Gasteiger partial charge in [0, 0.05) is 23.0 Å². The molecule has 3 nitrogen and oxygen atoms in total. The molecule has 4 heteroatoms. The molecule has 0 saturated heterocycles. The minimum atomic E-state index is 0.988. The van der Waals surface area contributed by atoms with Crippen LogP contribution < -0.4 is 0 Å². The van der Waals surface area contributed by atoms with Crippen LogP contribution in [0.2, 0.25) is 0 Å². The number of aryl methyl sites for hydroxylation is 1. The molecule has 0 radical (unpaired) electrons. The summed E-state index contributed by atoms with van der Waals surface area (Å²) in [5.74, 6) is 2.11. The minimum Gasteiger partial charge on any atom is -0.311 e. The van der Waals surface area contributed by atoms with Crippen LogP contribution in [0.4, 0.5) is 0 Å². The average Bonchev–Trinajstić information content (AvgIpc) is 2.74. The Bertz CT molecular complexity index is 519. The molecule has 0 saturated carbocycles. The van der Waals surface area contributed by atoms with Crippen LogP contribution in [-0.2, 0) is 13.0 Å². The number of hydrogen-bond donors (Lipinski definition) is 0. The fourth-order valence-corrected chi connectivity index (χ4v) is 2.61. The molecule has 0 N–H and O–H groups in total. The zero-order chi connectivity index (χ0) is 11.0. The number of nitrogens with zero attached hydrogens (tertiary/aromatic N) is 3. The Kier molecular flexibility index (Phi) is 2.52. The molecule has 16 heavy (non-hydrogen) atoms. The first kappa shape index (κ1) is 10.0. The largest absolute Gasteiger partial charge is 0.311 e. The van der Waals surface area contributed by atoms with Crippen LogP contribution in [0.3, 0.4) is 0 Å². The Morgan fingerprint density at radius 1 is 1.12 bits per heavy atom. The van der Waals surface area contributed by atoms with E-state index in [1.807, 2.05) is 18.2 Å². The van der Waals surface area contributed by atoms with Gasteiger partial charge >= 0.3 is 0 Å². The van der Waals surface area contributed by atoms with Gasteiger partial charge in [-0.1, -0.05) is 34.1 Å². The van der Waals surface area contributed by atoms with Crippen LogP contribution >= 0.6 is 15.9 Å². The fourth-order valence-electron chi connectivity index (χ4n) is 2.15. The van der Waals surface area contributed by atoms with Gasteiger partial charge < -0.3 is 4.57 Å². The average molecular weight is 278 g/mol. The van der Waals surface area contributed by atoms with Crippen molar-refractivity contribution in [1.29, 1.82) is 0 Å². The van der Waals surface area contributed by atoms with Crippen molar-refractivity contribution < 1.29 is 0 Å². The standard InChI is InChI=1S/C12H12BrN3/c13-10-6-2-1-5-9(10)12-15-14-11-7-3-4-8-16(11)12/h1-2,5-6H,3-4,7-8H2. The van der Waals surface area contributed by atoms with Gasteiger partial charge in [-0.15, -0.1) is 10.2 Å². The molecule has 0 spiro atoms. The number of benzene rings is 1. The molecule has 1 aromatic heterocycles. The second-order valence-corrected chi connectivity index (χ2v) is 4.88. The molecule has 0 atom stereocenters. The molecular weight excluding hydrogens is 266 g/mol. The van der Waals surface area contributed by atoms with Gasteiger partial charge in [0.25, 0.3) is 0 Å². The van der Waals surface area contributed by atoms with Gasteiger partial charge in [-0.3, -0.25) is 0 Å². The van der Waals surface area contributed by atoms with Gasteiger partial charge in [0.2, 0.25) is 0 Å². The smallest absolute Gasteiger partial charge is 0.165 e. The number of rotatable bonds is 1. The van der Waals surface area contributed by atoms with E-state index in [4.69, 9.17) is 0 Å². The molecule has 0 amide bonds. The van der Waals surface area contributed by atoms with Gasteiger partial charge in [0.05, 0.1) is 0 Å². The zero-order valence-electron chi connectivity index (χ0n) is 8.86. The first-order valence-electron chi connectivity index (χ1n) is 5.53. The summed E-state index contributed by atoms with van der Waals surface area (Å²) >= 11 is 3.56. The van der Waals surface area contributed by atoms with E-state index < -0.39 is 0 Å². The van der Waals surface area contributed by atoms with E-state index in [1.165, 1.54) is 12.8 Å². The predicted octanol–water partition coefficient (Wildman–Crippen LogP) is 3.04. The van der Waals surface area contributed by atoms with E-state index in [9.17, 15) is 0 Å². The quantitative estimate of drug-likeness (QED) is 0.802. The van der Waals surface area contributed by atoms with Gasteiger partial charge in [-0.2, -0.15) is 0 Å². The highest BCUT2D eigenvalue weighted by molar-refractivity contribution is 9.10. The lowest BCUT2D eigenvalue weighted by atomic mass is 10.1. The molecule has 0 fully saturated rings. The van der Waals surface area contributed by atoms with Crippen molar-refractivity contribution in [2.45, 2.75) is 25.8 Å². The predicted molar refractivity (Wildman–Crippen MR) is 66.1 cm³/mol. The molecule has 1 aliphatic rings. The summed E-state index contributed by atoms with van der Waals surface area (Å²) in [7, 11) is 0. The van der Waals surface area contributed by atoms with Crippen LogP contribution in [0.5, 0.6) is 0 Å². The second-order valence-electron chi connectivity index (χ2n) is 4.03. The lowest BCUT2D eigenvalue weighted by molar-refractivity contribution is 0.526. The second kappa shape index (κ2) is 4.01. The lowest BCUT2D eigenvalue weighted by Gasteiger charge is -2.15. The minimum absolute atomic E-state index is 0.988. The summed E-state index contributed by atoms with van der Waals surface area (Å²) in [6.45, 7) is 1.04. The maximum absolute atomic E-state index is 4.31. The Morgan fingerprint density at radius 3 is 2.88 bits per heavy atom. The third kappa shape index (κ3) is 1.57. The molecule has 1 aromatic carbocycles. The maximum Gasteiger partial charge on any atom is 0.165 e. The monoisotopic (exact) mass is 277 g/mol. The fraction of sp³-hybridized carbons (Fsp3) is 0.333. The van der Waals surface area contributed by atoms with Crippen molar-refractivity contribution in [2.75, 3.05) is 0 Å². The third-order valence-corrected chi connectivity index (χ3v) is 3.67.